The van der Waals surface area contributed by atoms with E-state index in [0.29, 0.717) is 30.8 Å². The summed E-state index contributed by atoms with van der Waals surface area (Å²) in [6.45, 7) is 0.553. The van der Waals surface area contributed by atoms with Crippen molar-refractivity contribution in [1.82, 2.24) is 0 Å². The van der Waals surface area contributed by atoms with E-state index in [0.717, 1.165) is 6.42 Å². The molecule has 1 rings (SSSR count). The van der Waals surface area contributed by atoms with Gasteiger partial charge < -0.3 is 21.5 Å². The molecule has 1 aromatic carbocycles. The van der Waals surface area contributed by atoms with Gasteiger partial charge in [-0.1, -0.05) is 0 Å². The minimum Gasteiger partial charge on any atom is -0.495 e. The Hall–Kier alpha value is -1.98. The first-order valence-electron chi connectivity index (χ1n) is 5.69. The SMILES string of the molecule is COc1cc(NCCCCC(N)=O)c(F)cc1N. The van der Waals surface area contributed by atoms with Crippen LogP contribution in [0.3, 0.4) is 0 Å². The van der Waals surface area contributed by atoms with Crippen LogP contribution in [0, 0.1) is 5.82 Å². The van der Waals surface area contributed by atoms with E-state index < -0.39 is 5.82 Å². The molecule has 0 heterocycles. The molecule has 18 heavy (non-hydrogen) atoms. The molecular weight excluding hydrogens is 237 g/mol. The van der Waals surface area contributed by atoms with E-state index in [9.17, 15) is 9.18 Å². The van der Waals surface area contributed by atoms with Crippen molar-refractivity contribution in [3.63, 3.8) is 0 Å². The molecule has 0 aliphatic carbocycles. The number of carbonyl (C=O) groups excluding carboxylic acids is 1. The van der Waals surface area contributed by atoms with E-state index in [1.807, 2.05) is 0 Å². The molecule has 5 nitrogen and oxygen atoms in total. The van der Waals surface area contributed by atoms with Gasteiger partial charge >= 0.3 is 0 Å². The van der Waals surface area contributed by atoms with Crippen molar-refractivity contribution >= 4 is 17.3 Å². The number of nitrogen functional groups attached to an aromatic ring is 1. The summed E-state index contributed by atoms with van der Waals surface area (Å²) in [6.07, 6.45) is 1.75. The van der Waals surface area contributed by atoms with Gasteiger partial charge in [-0.2, -0.15) is 0 Å². The lowest BCUT2D eigenvalue weighted by atomic mass is 10.2. The highest BCUT2D eigenvalue weighted by Crippen LogP contribution is 2.28. The molecular formula is C12H18FN3O2. The number of rotatable bonds is 7. The van der Waals surface area contributed by atoms with Crippen LogP contribution in [0.4, 0.5) is 15.8 Å². The van der Waals surface area contributed by atoms with E-state index in [2.05, 4.69) is 5.32 Å². The third-order valence-electron chi connectivity index (χ3n) is 2.48. The molecule has 0 aliphatic heterocycles. The summed E-state index contributed by atoms with van der Waals surface area (Å²) in [7, 11) is 1.47. The molecule has 0 unspecified atom stereocenters. The summed E-state index contributed by atoms with van der Waals surface area (Å²) in [5.74, 6) is -0.324. The number of anilines is 2. The molecule has 1 aromatic rings. The number of primary amides is 1. The fourth-order valence-corrected chi connectivity index (χ4v) is 1.53. The number of amides is 1. The number of carbonyl (C=O) groups is 1. The molecule has 0 aliphatic rings. The van der Waals surface area contributed by atoms with Crippen LogP contribution < -0.4 is 21.5 Å². The van der Waals surface area contributed by atoms with Gasteiger partial charge in [0.1, 0.15) is 11.6 Å². The Labute approximate surface area is 105 Å². The van der Waals surface area contributed by atoms with Gasteiger partial charge in [0.2, 0.25) is 5.91 Å². The van der Waals surface area contributed by atoms with E-state index in [1.54, 1.807) is 0 Å². The summed E-state index contributed by atoms with van der Waals surface area (Å²) in [5.41, 5.74) is 11.2. The molecule has 0 radical (unpaired) electrons. The average Bonchev–Trinajstić information content (AvgIpc) is 2.30. The van der Waals surface area contributed by atoms with E-state index in [1.165, 1.54) is 19.2 Å². The first-order chi connectivity index (χ1) is 8.54. The lowest BCUT2D eigenvalue weighted by molar-refractivity contribution is -0.118. The molecule has 0 saturated carbocycles. The van der Waals surface area contributed by atoms with Crippen molar-refractivity contribution in [1.29, 1.82) is 0 Å². The number of nitrogens with two attached hydrogens (primary N) is 2. The Morgan fingerprint density at radius 2 is 2.17 bits per heavy atom. The summed E-state index contributed by atoms with van der Waals surface area (Å²) in [4.78, 5) is 10.5. The van der Waals surface area contributed by atoms with Gasteiger partial charge in [0.05, 0.1) is 18.5 Å². The molecule has 0 atom stereocenters. The van der Waals surface area contributed by atoms with Crippen LogP contribution in [0.2, 0.25) is 0 Å². The maximum absolute atomic E-state index is 13.5. The molecule has 0 bridgehead atoms. The highest BCUT2D eigenvalue weighted by atomic mass is 19.1. The van der Waals surface area contributed by atoms with Gasteiger partial charge in [-0.25, -0.2) is 4.39 Å². The number of methoxy groups -OCH3 is 1. The first-order valence-corrected chi connectivity index (χ1v) is 5.69. The standard InChI is InChI=1S/C12H18FN3O2/c1-18-11-7-10(8(13)6-9(11)14)16-5-3-2-4-12(15)17/h6-7,16H,2-5,14H2,1H3,(H2,15,17). The lowest BCUT2D eigenvalue weighted by Gasteiger charge is -2.11. The second-order valence-corrected chi connectivity index (χ2v) is 3.92. The molecule has 1 amide bonds. The lowest BCUT2D eigenvalue weighted by Crippen LogP contribution is -2.11. The van der Waals surface area contributed by atoms with Crippen LogP contribution in [0.15, 0.2) is 12.1 Å². The highest BCUT2D eigenvalue weighted by molar-refractivity contribution is 5.73. The average molecular weight is 255 g/mol. The summed E-state index contributed by atoms with van der Waals surface area (Å²) in [5, 5.41) is 2.93. The molecule has 5 N–H and O–H groups in total. The number of unbranched alkanes of at least 4 members (excludes halogenated alkanes) is 1. The van der Waals surface area contributed by atoms with Gasteiger partial charge in [0.25, 0.3) is 0 Å². The van der Waals surface area contributed by atoms with Crippen LogP contribution in [-0.2, 0) is 4.79 Å². The third kappa shape index (κ3) is 4.12. The molecule has 6 heteroatoms. The summed E-state index contributed by atoms with van der Waals surface area (Å²) >= 11 is 0. The zero-order valence-electron chi connectivity index (χ0n) is 10.3. The van der Waals surface area contributed by atoms with Crippen LogP contribution in [0.1, 0.15) is 19.3 Å². The van der Waals surface area contributed by atoms with Gasteiger partial charge in [-0.15, -0.1) is 0 Å². The zero-order valence-corrected chi connectivity index (χ0v) is 10.3. The third-order valence-corrected chi connectivity index (χ3v) is 2.48. The van der Waals surface area contributed by atoms with Crippen molar-refractivity contribution in [3.05, 3.63) is 17.9 Å². The minimum atomic E-state index is -0.428. The Morgan fingerprint density at radius 1 is 1.44 bits per heavy atom. The number of halogens is 1. The normalized spacial score (nSPS) is 10.1. The Balaban J connectivity index is 2.49. The van der Waals surface area contributed by atoms with E-state index in [4.69, 9.17) is 16.2 Å². The summed E-state index contributed by atoms with van der Waals surface area (Å²) < 4.78 is 18.5. The van der Waals surface area contributed by atoms with Crippen molar-refractivity contribution in [2.24, 2.45) is 5.73 Å². The Morgan fingerprint density at radius 3 is 2.78 bits per heavy atom. The van der Waals surface area contributed by atoms with Gasteiger partial charge in [0, 0.05) is 25.1 Å². The molecule has 0 spiro atoms. The monoisotopic (exact) mass is 255 g/mol. The van der Waals surface area contributed by atoms with Crippen LogP contribution in [0.25, 0.3) is 0 Å². The number of hydrogen-bond acceptors (Lipinski definition) is 4. The zero-order chi connectivity index (χ0) is 13.5. The highest BCUT2D eigenvalue weighted by Gasteiger charge is 2.07. The fourth-order valence-electron chi connectivity index (χ4n) is 1.53. The molecule has 0 aromatic heterocycles. The minimum absolute atomic E-state index is 0.259. The van der Waals surface area contributed by atoms with Gasteiger partial charge in [0.15, 0.2) is 0 Å². The largest absolute Gasteiger partial charge is 0.495 e. The summed E-state index contributed by atoms with van der Waals surface area (Å²) in [6, 6.07) is 2.73. The van der Waals surface area contributed by atoms with Crippen LogP contribution >= 0.6 is 0 Å². The van der Waals surface area contributed by atoms with E-state index in [-0.39, 0.29) is 11.6 Å². The predicted molar refractivity (Wildman–Crippen MR) is 68.9 cm³/mol. The molecule has 100 valence electrons. The van der Waals surface area contributed by atoms with Crippen molar-refractivity contribution < 1.29 is 13.9 Å². The Kier molecular flexibility index (Phi) is 5.23. The number of benzene rings is 1. The second kappa shape index (κ2) is 6.68. The maximum Gasteiger partial charge on any atom is 0.217 e. The first kappa shape index (κ1) is 14.1. The number of hydrogen-bond donors (Lipinski definition) is 3. The molecule has 0 fully saturated rings. The fraction of sp³-hybridized carbons (Fsp3) is 0.417. The Bertz CT molecular complexity index is 424. The quantitative estimate of drug-likeness (QED) is 0.508. The van der Waals surface area contributed by atoms with Gasteiger partial charge in [-0.3, -0.25) is 4.79 Å². The van der Waals surface area contributed by atoms with Crippen LogP contribution in [-0.4, -0.2) is 19.6 Å². The smallest absolute Gasteiger partial charge is 0.217 e. The van der Waals surface area contributed by atoms with Crippen molar-refractivity contribution in [2.45, 2.75) is 19.3 Å². The molecule has 0 saturated heterocycles. The van der Waals surface area contributed by atoms with E-state index >= 15 is 0 Å². The topological polar surface area (TPSA) is 90.4 Å². The van der Waals surface area contributed by atoms with Crippen molar-refractivity contribution in [2.75, 3.05) is 24.7 Å². The van der Waals surface area contributed by atoms with Crippen LogP contribution in [0.5, 0.6) is 5.75 Å². The second-order valence-electron chi connectivity index (χ2n) is 3.92. The van der Waals surface area contributed by atoms with Gasteiger partial charge in [-0.05, 0) is 12.8 Å². The number of ether oxygens (including phenoxy) is 1. The maximum atomic E-state index is 13.5. The number of nitrogens with one attached hydrogen (secondary N) is 1. The van der Waals surface area contributed by atoms with Crippen molar-refractivity contribution in [3.8, 4) is 5.75 Å². The predicted octanol–water partition coefficient (Wildman–Crippen LogP) is 1.48.